The number of nitrogens with zero attached hydrogens (tertiary/aromatic N) is 6. The van der Waals surface area contributed by atoms with Gasteiger partial charge in [0.1, 0.15) is 0 Å². The first-order valence-electron chi connectivity index (χ1n) is 8.19. The van der Waals surface area contributed by atoms with Gasteiger partial charge in [0.2, 0.25) is 5.16 Å². The lowest BCUT2D eigenvalue weighted by molar-refractivity contribution is -0.130. The number of aromatic nitrogens is 4. The van der Waals surface area contributed by atoms with E-state index in [9.17, 15) is 4.79 Å². The number of tetrazole rings is 1. The van der Waals surface area contributed by atoms with Crippen LogP contribution in [-0.4, -0.2) is 43.1 Å². The minimum Gasteiger partial charge on any atom is -0.272 e. The zero-order chi connectivity index (χ0) is 17.8. The van der Waals surface area contributed by atoms with Gasteiger partial charge in [-0.3, -0.25) is 4.79 Å². The van der Waals surface area contributed by atoms with E-state index in [4.69, 9.17) is 0 Å². The fraction of sp³-hybridized carbons (Fsp3) is 0.167. The molecule has 0 N–H and O–H groups in total. The van der Waals surface area contributed by atoms with Crippen LogP contribution in [0.5, 0.6) is 0 Å². The molecule has 26 heavy (non-hydrogen) atoms. The summed E-state index contributed by atoms with van der Waals surface area (Å²) in [4.78, 5) is 12.7. The molecule has 130 valence electrons. The third kappa shape index (κ3) is 3.36. The van der Waals surface area contributed by atoms with Gasteiger partial charge in [-0.2, -0.15) is 9.78 Å². The molecule has 0 fully saturated rings. The Labute approximate surface area is 154 Å². The highest BCUT2D eigenvalue weighted by Gasteiger charge is 2.28. The molecule has 7 nitrogen and oxygen atoms in total. The number of hydrogen-bond acceptors (Lipinski definition) is 6. The molecule has 0 saturated heterocycles. The highest BCUT2D eigenvalue weighted by molar-refractivity contribution is 7.99. The first-order valence-corrected chi connectivity index (χ1v) is 9.17. The number of benzene rings is 2. The molecule has 2 aromatic carbocycles. The van der Waals surface area contributed by atoms with Crippen molar-refractivity contribution in [3.8, 4) is 5.69 Å². The minimum atomic E-state index is -0.0692. The van der Waals surface area contributed by atoms with E-state index in [1.807, 2.05) is 60.7 Å². The zero-order valence-electron chi connectivity index (χ0n) is 13.8. The summed E-state index contributed by atoms with van der Waals surface area (Å²) in [7, 11) is 0. The van der Waals surface area contributed by atoms with Gasteiger partial charge in [0.25, 0.3) is 5.91 Å². The third-order valence-corrected chi connectivity index (χ3v) is 4.94. The van der Waals surface area contributed by atoms with Crippen LogP contribution in [0.1, 0.15) is 18.0 Å². The normalized spacial score (nSPS) is 16.2. The summed E-state index contributed by atoms with van der Waals surface area (Å²) in [5.74, 6) is 0.147. The van der Waals surface area contributed by atoms with Gasteiger partial charge in [-0.1, -0.05) is 60.3 Å². The molecule has 3 aromatic rings. The largest absolute Gasteiger partial charge is 0.272 e. The van der Waals surface area contributed by atoms with Crippen molar-refractivity contribution in [1.82, 2.24) is 25.2 Å². The van der Waals surface area contributed by atoms with Crippen molar-refractivity contribution in [3.63, 3.8) is 0 Å². The molecule has 0 unspecified atom stereocenters. The van der Waals surface area contributed by atoms with Crippen LogP contribution in [0.2, 0.25) is 0 Å². The van der Waals surface area contributed by atoms with E-state index in [1.54, 1.807) is 15.9 Å². The highest BCUT2D eigenvalue weighted by atomic mass is 32.2. The second-order valence-electron chi connectivity index (χ2n) is 5.70. The summed E-state index contributed by atoms with van der Waals surface area (Å²) in [5.41, 5.74) is 1.94. The maximum absolute atomic E-state index is 12.7. The van der Waals surface area contributed by atoms with Gasteiger partial charge < -0.3 is 0 Å². The summed E-state index contributed by atoms with van der Waals surface area (Å²) in [5, 5.41) is 18.1. The van der Waals surface area contributed by atoms with E-state index in [0.29, 0.717) is 5.16 Å². The monoisotopic (exact) mass is 364 g/mol. The molecule has 0 radical (unpaired) electrons. The Morgan fingerprint density at radius 2 is 1.81 bits per heavy atom. The van der Waals surface area contributed by atoms with Crippen LogP contribution in [0.4, 0.5) is 0 Å². The maximum Gasteiger partial charge on any atom is 0.253 e. The summed E-state index contributed by atoms with van der Waals surface area (Å²) in [6.45, 7) is 0. The number of thioether (sulfide) groups is 1. The number of rotatable bonds is 5. The Balaban J connectivity index is 1.45. The van der Waals surface area contributed by atoms with Crippen LogP contribution in [0.25, 0.3) is 5.69 Å². The van der Waals surface area contributed by atoms with E-state index >= 15 is 0 Å². The molecular formula is C18H16N6OS. The fourth-order valence-corrected chi connectivity index (χ4v) is 3.54. The molecule has 8 heteroatoms. The Kier molecular flexibility index (Phi) is 4.74. The molecule has 1 aliphatic heterocycles. The Bertz CT molecular complexity index is 912. The quantitative estimate of drug-likeness (QED) is 0.651. The molecule has 4 rings (SSSR count). The van der Waals surface area contributed by atoms with Crippen molar-refractivity contribution < 1.29 is 4.79 Å². The molecule has 0 aliphatic carbocycles. The first kappa shape index (κ1) is 16.5. The van der Waals surface area contributed by atoms with Gasteiger partial charge in [-0.15, -0.1) is 5.10 Å². The van der Waals surface area contributed by atoms with E-state index < -0.39 is 0 Å². The summed E-state index contributed by atoms with van der Waals surface area (Å²) in [6.07, 6.45) is 2.51. The first-order chi connectivity index (χ1) is 12.8. The van der Waals surface area contributed by atoms with Gasteiger partial charge in [0.05, 0.1) is 17.5 Å². The Hall–Kier alpha value is -3.00. The van der Waals surface area contributed by atoms with Crippen molar-refractivity contribution in [1.29, 1.82) is 0 Å². The van der Waals surface area contributed by atoms with Crippen LogP contribution in [0.3, 0.4) is 0 Å². The van der Waals surface area contributed by atoms with Gasteiger partial charge in [0, 0.05) is 12.6 Å². The lowest BCUT2D eigenvalue weighted by Crippen LogP contribution is -2.28. The van der Waals surface area contributed by atoms with E-state index in [-0.39, 0.29) is 17.7 Å². The van der Waals surface area contributed by atoms with Crippen LogP contribution in [0.15, 0.2) is 70.9 Å². The van der Waals surface area contributed by atoms with Crippen molar-refractivity contribution >= 4 is 23.9 Å². The topological polar surface area (TPSA) is 76.3 Å². The second kappa shape index (κ2) is 7.49. The van der Waals surface area contributed by atoms with Crippen LogP contribution in [-0.2, 0) is 4.79 Å². The minimum absolute atomic E-state index is 0.0468. The standard InChI is InChI=1S/C18H16N6OS/c25-17(24-16(11-12-19-24)14-7-3-1-4-8-14)13-26-18-20-21-22-23(18)15-9-5-2-6-10-15/h1-10,12,16H,11,13H2/t16-/m0/s1. The number of carbonyl (C=O) groups is 1. The predicted octanol–water partition coefficient (Wildman–Crippen LogP) is 2.71. The van der Waals surface area contributed by atoms with Gasteiger partial charge >= 0.3 is 0 Å². The smallest absolute Gasteiger partial charge is 0.253 e. The van der Waals surface area contributed by atoms with Crippen LogP contribution in [0, 0.1) is 0 Å². The molecular weight excluding hydrogens is 348 g/mol. The average Bonchev–Trinajstić information content (AvgIpc) is 3.37. The van der Waals surface area contributed by atoms with Gasteiger partial charge in [-0.05, 0) is 28.1 Å². The number of hydrazone groups is 1. The number of carbonyl (C=O) groups excluding carboxylic acids is 1. The van der Waals surface area contributed by atoms with Gasteiger partial charge in [-0.25, -0.2) is 5.01 Å². The van der Waals surface area contributed by atoms with E-state index in [2.05, 4.69) is 20.6 Å². The average molecular weight is 364 g/mol. The lowest BCUT2D eigenvalue weighted by Gasteiger charge is -2.21. The second-order valence-corrected chi connectivity index (χ2v) is 6.64. The molecule has 1 aliphatic rings. The van der Waals surface area contributed by atoms with Gasteiger partial charge in [0.15, 0.2) is 0 Å². The number of amides is 1. The molecule has 1 amide bonds. The predicted molar refractivity (Wildman–Crippen MR) is 99.0 cm³/mol. The number of para-hydroxylation sites is 1. The zero-order valence-corrected chi connectivity index (χ0v) is 14.7. The van der Waals surface area contributed by atoms with E-state index in [0.717, 1.165) is 17.7 Å². The molecule has 1 aromatic heterocycles. The Morgan fingerprint density at radius 1 is 1.08 bits per heavy atom. The molecule has 1 atom stereocenters. The molecule has 0 saturated carbocycles. The molecule has 0 bridgehead atoms. The van der Waals surface area contributed by atoms with Crippen molar-refractivity contribution in [2.75, 3.05) is 5.75 Å². The maximum atomic E-state index is 12.7. The van der Waals surface area contributed by atoms with E-state index in [1.165, 1.54) is 11.8 Å². The summed E-state index contributed by atoms with van der Waals surface area (Å²) >= 11 is 1.30. The lowest BCUT2D eigenvalue weighted by atomic mass is 10.0. The van der Waals surface area contributed by atoms with Crippen molar-refractivity contribution in [3.05, 3.63) is 66.2 Å². The summed E-state index contributed by atoms with van der Waals surface area (Å²) in [6, 6.07) is 19.5. The fourth-order valence-electron chi connectivity index (χ4n) is 2.80. The van der Waals surface area contributed by atoms with Crippen LogP contribution < -0.4 is 0 Å². The Morgan fingerprint density at radius 3 is 2.58 bits per heavy atom. The van der Waals surface area contributed by atoms with Crippen molar-refractivity contribution in [2.45, 2.75) is 17.6 Å². The SMILES string of the molecule is O=C(CSc1nnnn1-c1ccccc1)N1N=CC[C@H]1c1ccccc1. The van der Waals surface area contributed by atoms with Crippen LogP contribution >= 0.6 is 11.8 Å². The summed E-state index contributed by atoms with van der Waals surface area (Å²) < 4.78 is 1.62. The highest BCUT2D eigenvalue weighted by Crippen LogP contribution is 2.29. The number of hydrogen-bond donors (Lipinski definition) is 0. The van der Waals surface area contributed by atoms with Crippen molar-refractivity contribution in [2.24, 2.45) is 5.10 Å². The molecule has 0 spiro atoms. The third-order valence-electron chi connectivity index (χ3n) is 4.04. The molecule has 2 heterocycles.